The molecule has 3 N–H and O–H groups in total. The van der Waals surface area contributed by atoms with Crippen molar-refractivity contribution in [3.05, 3.63) is 86.6 Å². The average Bonchev–Trinajstić information content (AvgIpc) is 3.07. The number of rotatable bonds is 5. The molecule has 9 heteroatoms. The minimum absolute atomic E-state index is 0.0923. The number of nitrogens with zero attached hydrogens (tertiary/aromatic N) is 4. The molecule has 0 bridgehead atoms. The minimum atomic E-state index is -0.545. The number of imidazole rings is 1. The van der Waals surface area contributed by atoms with Crippen molar-refractivity contribution in [2.45, 2.75) is 6.54 Å². The molecule has 0 unspecified atom stereocenters. The maximum absolute atomic E-state index is 12.5. The number of para-hydroxylation sites is 1. The first-order valence-corrected chi connectivity index (χ1v) is 8.85. The summed E-state index contributed by atoms with van der Waals surface area (Å²) in [5.74, 6) is 0.386. The summed E-state index contributed by atoms with van der Waals surface area (Å²) in [6.07, 6.45) is 1.45. The summed E-state index contributed by atoms with van der Waals surface area (Å²) in [5.41, 5.74) is 3.73. The fourth-order valence-corrected chi connectivity index (χ4v) is 3.00. The van der Waals surface area contributed by atoms with Gasteiger partial charge in [-0.25, -0.2) is 10.2 Å². The van der Waals surface area contributed by atoms with Crippen LogP contribution in [0.1, 0.15) is 11.1 Å². The second-order valence-electron chi connectivity index (χ2n) is 6.43. The van der Waals surface area contributed by atoms with Gasteiger partial charge in [-0.3, -0.25) is 18.9 Å². The molecule has 0 radical (unpaired) electrons. The molecular weight excluding hydrogens is 372 g/mol. The molecule has 0 saturated heterocycles. The maximum atomic E-state index is 12.5. The van der Waals surface area contributed by atoms with Crippen molar-refractivity contribution in [1.82, 2.24) is 19.1 Å². The second-order valence-corrected chi connectivity index (χ2v) is 6.43. The van der Waals surface area contributed by atoms with E-state index in [1.165, 1.54) is 17.8 Å². The first-order valence-electron chi connectivity index (χ1n) is 8.85. The van der Waals surface area contributed by atoms with Gasteiger partial charge >= 0.3 is 5.69 Å². The van der Waals surface area contributed by atoms with Gasteiger partial charge in [0.2, 0.25) is 5.95 Å². The van der Waals surface area contributed by atoms with Crippen LogP contribution in [-0.4, -0.2) is 30.4 Å². The molecule has 4 aromatic rings. The third kappa shape index (κ3) is 3.53. The van der Waals surface area contributed by atoms with Crippen LogP contribution in [0.25, 0.3) is 11.2 Å². The highest BCUT2D eigenvalue weighted by atomic mass is 16.3. The SMILES string of the molecule is Cn1c(=O)[nH]c(=O)c2c1nc(N/N=C\c1ccccc1O)n2Cc1ccccc1. The number of aryl methyl sites for hydroxylation is 1. The number of phenols is 1. The Morgan fingerprint density at radius 3 is 2.62 bits per heavy atom. The van der Waals surface area contributed by atoms with E-state index in [1.54, 1.807) is 28.8 Å². The number of hydrazone groups is 1. The average molecular weight is 390 g/mol. The van der Waals surface area contributed by atoms with Gasteiger partial charge in [-0.2, -0.15) is 10.1 Å². The van der Waals surface area contributed by atoms with Crippen molar-refractivity contribution in [1.29, 1.82) is 0 Å². The number of fused-ring (bicyclic) bond motifs is 1. The molecule has 29 heavy (non-hydrogen) atoms. The zero-order valence-corrected chi connectivity index (χ0v) is 15.5. The van der Waals surface area contributed by atoms with Gasteiger partial charge in [-0.05, 0) is 17.7 Å². The van der Waals surface area contributed by atoms with Crippen LogP contribution < -0.4 is 16.7 Å². The molecule has 0 atom stereocenters. The number of aromatic nitrogens is 4. The molecule has 146 valence electrons. The summed E-state index contributed by atoms with van der Waals surface area (Å²) in [6.45, 7) is 0.354. The predicted octanol–water partition coefficient (Wildman–Crippen LogP) is 1.62. The van der Waals surface area contributed by atoms with Gasteiger partial charge in [0.1, 0.15) is 5.75 Å². The third-order valence-electron chi connectivity index (χ3n) is 4.50. The smallest absolute Gasteiger partial charge is 0.329 e. The van der Waals surface area contributed by atoms with Gasteiger partial charge in [0.15, 0.2) is 11.2 Å². The van der Waals surface area contributed by atoms with E-state index < -0.39 is 11.2 Å². The molecule has 0 aliphatic carbocycles. The predicted molar refractivity (Wildman–Crippen MR) is 110 cm³/mol. The fraction of sp³-hybridized carbons (Fsp3) is 0.100. The lowest BCUT2D eigenvalue weighted by Gasteiger charge is -2.08. The Labute approximate surface area is 164 Å². The molecule has 0 spiro atoms. The van der Waals surface area contributed by atoms with Crippen LogP contribution in [0.2, 0.25) is 0 Å². The Morgan fingerprint density at radius 2 is 1.86 bits per heavy atom. The van der Waals surface area contributed by atoms with Crippen LogP contribution in [0.4, 0.5) is 5.95 Å². The van der Waals surface area contributed by atoms with Crippen LogP contribution in [-0.2, 0) is 13.6 Å². The van der Waals surface area contributed by atoms with Crippen molar-refractivity contribution in [2.75, 3.05) is 5.43 Å². The zero-order valence-electron chi connectivity index (χ0n) is 15.5. The second kappa shape index (κ2) is 7.47. The summed E-state index contributed by atoms with van der Waals surface area (Å²) in [5, 5.41) is 14.0. The van der Waals surface area contributed by atoms with Gasteiger partial charge in [0.25, 0.3) is 5.56 Å². The molecule has 2 aromatic heterocycles. The molecule has 0 aliphatic heterocycles. The van der Waals surface area contributed by atoms with E-state index in [9.17, 15) is 14.7 Å². The van der Waals surface area contributed by atoms with Crippen LogP contribution in [0.15, 0.2) is 69.3 Å². The van der Waals surface area contributed by atoms with Crippen molar-refractivity contribution in [3.63, 3.8) is 0 Å². The summed E-state index contributed by atoms with van der Waals surface area (Å²) in [7, 11) is 1.54. The van der Waals surface area contributed by atoms with Crippen molar-refractivity contribution in [3.8, 4) is 5.75 Å². The Morgan fingerprint density at radius 1 is 1.14 bits per heavy atom. The van der Waals surface area contributed by atoms with E-state index in [0.717, 1.165) is 5.56 Å². The maximum Gasteiger partial charge on any atom is 0.329 e. The highest BCUT2D eigenvalue weighted by Crippen LogP contribution is 2.18. The zero-order chi connectivity index (χ0) is 20.4. The van der Waals surface area contributed by atoms with Gasteiger partial charge in [-0.1, -0.05) is 42.5 Å². The molecule has 0 fully saturated rings. The van der Waals surface area contributed by atoms with Crippen molar-refractivity contribution < 1.29 is 5.11 Å². The minimum Gasteiger partial charge on any atom is -0.507 e. The first-order chi connectivity index (χ1) is 14.0. The largest absolute Gasteiger partial charge is 0.507 e. The van der Waals surface area contributed by atoms with Crippen LogP contribution >= 0.6 is 0 Å². The summed E-state index contributed by atoms with van der Waals surface area (Å²) >= 11 is 0. The number of H-pyrrole nitrogens is 1. The number of aromatic hydroxyl groups is 1. The molecule has 0 aliphatic rings. The number of nitrogens with one attached hydrogen (secondary N) is 2. The lowest BCUT2D eigenvalue weighted by Crippen LogP contribution is -2.29. The van der Waals surface area contributed by atoms with E-state index in [-0.39, 0.29) is 16.9 Å². The Bertz CT molecular complexity index is 1320. The van der Waals surface area contributed by atoms with Gasteiger partial charge in [0, 0.05) is 12.6 Å². The van der Waals surface area contributed by atoms with E-state index >= 15 is 0 Å². The number of benzene rings is 2. The summed E-state index contributed by atoms with van der Waals surface area (Å²) in [4.78, 5) is 31.1. The Balaban J connectivity index is 1.80. The lowest BCUT2D eigenvalue weighted by molar-refractivity contribution is 0.474. The number of phenolic OH excluding ortho intramolecular Hbond substituents is 1. The monoisotopic (exact) mass is 390 g/mol. The quantitative estimate of drug-likeness (QED) is 0.354. The molecule has 2 heterocycles. The van der Waals surface area contributed by atoms with E-state index in [1.807, 2.05) is 30.3 Å². The summed E-state index contributed by atoms with van der Waals surface area (Å²) in [6, 6.07) is 16.3. The van der Waals surface area contributed by atoms with Crippen LogP contribution in [0.5, 0.6) is 5.75 Å². The van der Waals surface area contributed by atoms with Crippen molar-refractivity contribution >= 4 is 23.3 Å². The normalized spacial score (nSPS) is 11.3. The Hall–Kier alpha value is -4.14. The molecular formula is C20H18N6O3. The topological polar surface area (TPSA) is 117 Å². The van der Waals surface area contributed by atoms with Gasteiger partial charge < -0.3 is 5.11 Å². The number of hydrogen-bond donors (Lipinski definition) is 3. The molecule has 4 rings (SSSR count). The highest BCUT2D eigenvalue weighted by molar-refractivity contribution is 5.83. The molecule has 0 amide bonds. The first kappa shape index (κ1) is 18.2. The van der Waals surface area contributed by atoms with E-state index in [4.69, 9.17) is 0 Å². The number of aromatic amines is 1. The van der Waals surface area contributed by atoms with Crippen LogP contribution in [0.3, 0.4) is 0 Å². The Kier molecular flexibility index (Phi) is 4.70. The standard InChI is InChI=1S/C20H18N6O3/c1-25-17-16(18(28)23-20(25)29)26(12-13-7-3-2-4-8-13)19(22-17)24-21-11-14-9-5-6-10-15(14)27/h2-11,27H,12H2,1H3,(H,22,24)(H,23,28,29)/b21-11-. The van der Waals surface area contributed by atoms with Crippen LogP contribution in [0, 0.1) is 0 Å². The van der Waals surface area contributed by atoms with Crippen molar-refractivity contribution in [2.24, 2.45) is 12.1 Å². The lowest BCUT2D eigenvalue weighted by atomic mass is 10.2. The van der Waals surface area contributed by atoms with Gasteiger partial charge in [0.05, 0.1) is 12.8 Å². The van der Waals surface area contributed by atoms with Gasteiger partial charge in [-0.15, -0.1) is 0 Å². The number of hydrogen-bond acceptors (Lipinski definition) is 6. The van der Waals surface area contributed by atoms with E-state index in [0.29, 0.717) is 18.1 Å². The molecule has 9 nitrogen and oxygen atoms in total. The number of anilines is 1. The highest BCUT2D eigenvalue weighted by Gasteiger charge is 2.17. The molecule has 0 saturated carbocycles. The summed E-state index contributed by atoms with van der Waals surface area (Å²) < 4.78 is 2.93. The molecule has 2 aromatic carbocycles. The van der Waals surface area contributed by atoms with E-state index in [2.05, 4.69) is 20.5 Å². The fourth-order valence-electron chi connectivity index (χ4n) is 3.00. The third-order valence-corrected chi connectivity index (χ3v) is 4.50.